The van der Waals surface area contributed by atoms with E-state index in [1.54, 1.807) is 0 Å². The Hall–Kier alpha value is -3.49. The Labute approximate surface area is 272 Å². The molecule has 7 heterocycles. The van der Waals surface area contributed by atoms with Gasteiger partial charge >= 0.3 is 12.2 Å². The summed E-state index contributed by atoms with van der Waals surface area (Å²) in [5.74, 6) is -1.04. The van der Waals surface area contributed by atoms with Gasteiger partial charge in [0.2, 0.25) is 0 Å². The lowest BCUT2D eigenvalue weighted by Gasteiger charge is -2.43. The van der Waals surface area contributed by atoms with E-state index in [1.807, 2.05) is 6.92 Å². The van der Waals surface area contributed by atoms with Crippen LogP contribution in [0.1, 0.15) is 50.2 Å². The Kier molecular flexibility index (Phi) is 7.06. The number of piperazine rings is 1. The molecule has 5 aliphatic heterocycles. The molecule has 2 aromatic heterocycles. The molecule has 5 aliphatic rings. The molecule has 0 saturated carbocycles. The third-order valence-electron chi connectivity index (χ3n) is 10.5. The number of anilines is 2. The van der Waals surface area contributed by atoms with Gasteiger partial charge in [0, 0.05) is 25.2 Å². The van der Waals surface area contributed by atoms with Gasteiger partial charge < -0.3 is 25.4 Å². The number of aryl methyl sites for hydroxylation is 1. The van der Waals surface area contributed by atoms with Gasteiger partial charge in [-0.3, -0.25) is 4.90 Å². The number of nitrogen functional groups attached to an aromatic ring is 1. The van der Waals surface area contributed by atoms with E-state index >= 15 is 4.39 Å². The van der Waals surface area contributed by atoms with Crippen molar-refractivity contribution in [2.45, 2.75) is 81.9 Å². The zero-order valence-electron chi connectivity index (χ0n) is 25.7. The van der Waals surface area contributed by atoms with Crippen molar-refractivity contribution in [2.24, 2.45) is 0 Å². The van der Waals surface area contributed by atoms with Crippen LogP contribution in [0.4, 0.5) is 33.6 Å². The number of aromatic nitrogens is 3. The largest absolute Gasteiger partial charge is 0.486 e. The lowest BCUT2D eigenvalue weighted by atomic mass is 9.94. The van der Waals surface area contributed by atoms with Crippen LogP contribution in [0.5, 0.6) is 11.8 Å². The smallest absolute Gasteiger partial charge is 0.418 e. The summed E-state index contributed by atoms with van der Waals surface area (Å²) in [6.07, 6.45) is -0.778. The second kappa shape index (κ2) is 10.8. The summed E-state index contributed by atoms with van der Waals surface area (Å²) in [6, 6.07) is 0.877. The van der Waals surface area contributed by atoms with Crippen molar-refractivity contribution in [2.75, 3.05) is 36.9 Å². The van der Waals surface area contributed by atoms with Crippen LogP contribution in [0.15, 0.2) is 18.0 Å². The highest BCUT2D eigenvalue weighted by Gasteiger charge is 2.49. The third-order valence-corrected chi connectivity index (χ3v) is 10.9. The molecular weight excluding hydrogens is 645 g/mol. The quantitative estimate of drug-likeness (QED) is 0.324. The molecule has 15 heteroatoms. The molecule has 4 fully saturated rings. The highest BCUT2D eigenvalue weighted by atomic mass is 35.5. The van der Waals surface area contributed by atoms with Crippen molar-refractivity contribution < 1.29 is 31.4 Å². The molecule has 1 aromatic carbocycles. The third kappa shape index (κ3) is 4.72. The second-order valence-electron chi connectivity index (χ2n) is 13.5. The SMILES string of the molecule is Cc1cc(N)nc(-c2c(Cl)c3c4c(nc(OC[C@@]56CCCN5C/C(=C/F)C6)nc4c2F)N2C[C@H]4CC[C@H](N4)[C@H]2[C@H](C)O3)c1C(F)(F)F. The van der Waals surface area contributed by atoms with Gasteiger partial charge in [-0.2, -0.15) is 23.1 Å². The van der Waals surface area contributed by atoms with E-state index in [0.717, 1.165) is 38.3 Å². The fraction of sp³-hybridized carbons (Fsp3) is 0.531. The highest BCUT2D eigenvalue weighted by Crippen LogP contribution is 2.52. The maximum absolute atomic E-state index is 17.0. The number of halogens is 6. The Morgan fingerprint density at radius 2 is 2.06 bits per heavy atom. The number of nitrogens with zero attached hydrogens (tertiary/aromatic N) is 5. The van der Waals surface area contributed by atoms with E-state index in [4.69, 9.17) is 31.8 Å². The molecule has 5 atom stereocenters. The molecule has 0 unspecified atom stereocenters. The Morgan fingerprint density at radius 3 is 2.83 bits per heavy atom. The van der Waals surface area contributed by atoms with Crippen LogP contribution < -0.4 is 25.4 Å². The fourth-order valence-electron chi connectivity index (χ4n) is 8.62. The predicted molar refractivity (Wildman–Crippen MR) is 166 cm³/mol. The van der Waals surface area contributed by atoms with Crippen molar-refractivity contribution in [3.05, 3.63) is 39.9 Å². The van der Waals surface area contributed by atoms with Crippen LogP contribution in [0.3, 0.4) is 0 Å². The second-order valence-corrected chi connectivity index (χ2v) is 13.8. The molecule has 9 nitrogen and oxygen atoms in total. The first-order valence-corrected chi connectivity index (χ1v) is 16.2. The minimum absolute atomic E-state index is 0.0264. The Morgan fingerprint density at radius 1 is 1.26 bits per heavy atom. The molecule has 4 saturated heterocycles. The lowest BCUT2D eigenvalue weighted by Crippen LogP contribution is -2.62. The van der Waals surface area contributed by atoms with E-state index < -0.39 is 40.5 Å². The average Bonchev–Trinajstić information content (AvgIpc) is 3.66. The van der Waals surface area contributed by atoms with Crippen molar-refractivity contribution in [3.8, 4) is 23.0 Å². The molecule has 8 rings (SSSR count). The predicted octanol–water partition coefficient (Wildman–Crippen LogP) is 5.95. The van der Waals surface area contributed by atoms with Crippen LogP contribution in [0.2, 0.25) is 5.02 Å². The van der Waals surface area contributed by atoms with Crippen molar-refractivity contribution in [1.82, 2.24) is 25.2 Å². The van der Waals surface area contributed by atoms with Crippen LogP contribution in [0, 0.1) is 12.7 Å². The summed E-state index contributed by atoms with van der Waals surface area (Å²) < 4.78 is 86.7. The van der Waals surface area contributed by atoms with Crippen LogP contribution in [-0.2, 0) is 6.18 Å². The first-order chi connectivity index (χ1) is 22.4. The summed E-state index contributed by atoms with van der Waals surface area (Å²) in [5.41, 5.74) is 3.05. The minimum atomic E-state index is -4.90. The van der Waals surface area contributed by atoms with Crippen LogP contribution >= 0.6 is 11.6 Å². The lowest BCUT2D eigenvalue weighted by molar-refractivity contribution is -0.137. The Bertz CT molecular complexity index is 1840. The molecular formula is C32H33ClF5N7O2. The first kappa shape index (κ1) is 30.8. The molecule has 3 N–H and O–H groups in total. The molecule has 0 amide bonds. The van der Waals surface area contributed by atoms with E-state index in [-0.39, 0.29) is 63.8 Å². The normalized spacial score (nSPS) is 29.3. The van der Waals surface area contributed by atoms with Gasteiger partial charge in [-0.1, -0.05) is 11.6 Å². The van der Waals surface area contributed by atoms with Crippen molar-refractivity contribution >= 4 is 34.1 Å². The number of hydrogen-bond acceptors (Lipinski definition) is 9. The van der Waals surface area contributed by atoms with Gasteiger partial charge in [-0.05, 0) is 69.7 Å². The van der Waals surface area contributed by atoms with Crippen LogP contribution in [-0.4, -0.2) is 75.9 Å². The van der Waals surface area contributed by atoms with E-state index in [2.05, 4.69) is 25.1 Å². The van der Waals surface area contributed by atoms with Crippen molar-refractivity contribution in [3.63, 3.8) is 0 Å². The Balaban J connectivity index is 1.35. The number of nitrogens with one attached hydrogen (secondary N) is 1. The standard InChI is InChI=1S/C32H33ClF5N7O2/c1-14-8-19(39)41-25(22(14)32(36,37)38)20-23(33)28-21-26(24(20)35)42-30(46-13-31-6-3-7-44(31)11-16(9-31)10-34)43-29(21)45-12-17-4-5-18(40-17)27(45)15(2)47-28/h8,10,15,17-18,27,40H,3-7,9,11-13H2,1-2H3,(H2,39,41)/b16-10+/t15-,17+,18-,27+,31-/m0/s1. The van der Waals surface area contributed by atoms with Gasteiger partial charge in [-0.15, -0.1) is 0 Å². The first-order valence-electron chi connectivity index (χ1n) is 15.8. The molecule has 47 heavy (non-hydrogen) atoms. The molecule has 3 aromatic rings. The number of pyridine rings is 1. The number of fused-ring (bicyclic) bond motifs is 6. The number of hydrogen-bond donors (Lipinski definition) is 2. The molecule has 250 valence electrons. The average molecular weight is 678 g/mol. The van der Waals surface area contributed by atoms with Crippen molar-refractivity contribution in [1.29, 1.82) is 0 Å². The highest BCUT2D eigenvalue weighted by molar-refractivity contribution is 6.36. The number of rotatable bonds is 4. The van der Waals surface area contributed by atoms with E-state index in [9.17, 15) is 17.6 Å². The summed E-state index contributed by atoms with van der Waals surface area (Å²) in [4.78, 5) is 17.5. The molecule has 0 aliphatic carbocycles. The zero-order chi connectivity index (χ0) is 33.0. The molecule has 0 radical (unpaired) electrons. The maximum atomic E-state index is 17.0. The molecule has 0 spiro atoms. The van der Waals surface area contributed by atoms with Gasteiger partial charge in [0.15, 0.2) is 11.6 Å². The van der Waals surface area contributed by atoms with Gasteiger partial charge in [0.25, 0.3) is 0 Å². The molecule has 2 bridgehead atoms. The maximum Gasteiger partial charge on any atom is 0.418 e. The van der Waals surface area contributed by atoms with Gasteiger partial charge in [0.1, 0.15) is 29.9 Å². The van der Waals surface area contributed by atoms with Crippen LogP contribution in [0.25, 0.3) is 22.2 Å². The summed E-state index contributed by atoms with van der Waals surface area (Å²) in [6.45, 7) is 5.04. The van der Waals surface area contributed by atoms with E-state index in [0.29, 0.717) is 37.2 Å². The monoisotopic (exact) mass is 677 g/mol. The number of nitrogens with two attached hydrogens (primary N) is 1. The number of alkyl halides is 3. The zero-order valence-corrected chi connectivity index (χ0v) is 26.5. The topological polar surface area (TPSA) is 102 Å². The number of benzene rings is 1. The minimum Gasteiger partial charge on any atom is -0.486 e. The number of ether oxygens (including phenoxy) is 2. The summed E-state index contributed by atoms with van der Waals surface area (Å²) in [7, 11) is 0. The summed E-state index contributed by atoms with van der Waals surface area (Å²) >= 11 is 6.87. The fourth-order valence-corrected chi connectivity index (χ4v) is 8.93. The van der Waals surface area contributed by atoms with Gasteiger partial charge in [-0.25, -0.2) is 13.8 Å². The van der Waals surface area contributed by atoms with Gasteiger partial charge in [0.05, 0.1) is 45.1 Å². The summed E-state index contributed by atoms with van der Waals surface area (Å²) in [5, 5.41) is 3.40. The van der Waals surface area contributed by atoms with E-state index in [1.165, 1.54) is 6.92 Å².